The molecule has 0 saturated carbocycles. The molecule has 0 bridgehead atoms. The zero-order chi connectivity index (χ0) is 10.3. The Balaban J connectivity index is 2.19. The van der Waals surface area contributed by atoms with E-state index in [2.05, 4.69) is 0 Å². The molecule has 0 aromatic heterocycles. The van der Waals surface area contributed by atoms with Crippen LogP contribution in [0.15, 0.2) is 0 Å². The highest BCUT2D eigenvalue weighted by Crippen LogP contribution is 2.35. The zero-order valence-electron chi connectivity index (χ0n) is 7.65. The SMILES string of the molecule is OC[C@H]1[C@@H](O)[C@H](O)[C@H](O)[C@H]2SCCN21. The van der Waals surface area contributed by atoms with E-state index in [1.165, 1.54) is 0 Å². The Morgan fingerprint density at radius 1 is 1.14 bits per heavy atom. The van der Waals surface area contributed by atoms with Crippen LogP contribution in [0.25, 0.3) is 0 Å². The molecule has 6 heteroatoms. The number of rotatable bonds is 1. The molecule has 0 amide bonds. The van der Waals surface area contributed by atoms with Gasteiger partial charge in [0.25, 0.3) is 0 Å². The highest BCUT2D eigenvalue weighted by molar-refractivity contribution is 8.00. The molecule has 5 nitrogen and oxygen atoms in total. The van der Waals surface area contributed by atoms with E-state index < -0.39 is 24.4 Å². The summed E-state index contributed by atoms with van der Waals surface area (Å²) in [7, 11) is 0. The Morgan fingerprint density at radius 3 is 2.50 bits per heavy atom. The molecule has 0 aromatic rings. The largest absolute Gasteiger partial charge is 0.395 e. The highest BCUT2D eigenvalue weighted by Gasteiger charge is 2.49. The Bertz CT molecular complexity index is 218. The summed E-state index contributed by atoms with van der Waals surface area (Å²) < 4.78 is 0. The van der Waals surface area contributed by atoms with Crippen LogP contribution in [-0.4, -0.2) is 74.0 Å². The summed E-state index contributed by atoms with van der Waals surface area (Å²) in [6, 6.07) is -0.451. The van der Waals surface area contributed by atoms with Crippen molar-refractivity contribution in [2.75, 3.05) is 18.9 Å². The standard InChI is InChI=1S/C8H15NO4S/c10-3-4-5(11)6(12)7(13)8-9(4)1-2-14-8/h4-8,10-13H,1-3H2/t4-,5+,6-,7-,8+/m0/s1. The average molecular weight is 221 g/mol. The lowest BCUT2D eigenvalue weighted by Gasteiger charge is -2.44. The van der Waals surface area contributed by atoms with Gasteiger partial charge in [-0.25, -0.2) is 0 Å². The third kappa shape index (κ3) is 1.46. The molecule has 0 radical (unpaired) electrons. The lowest BCUT2D eigenvalue weighted by atomic mass is 9.94. The number of aliphatic hydroxyl groups is 4. The molecule has 2 aliphatic heterocycles. The van der Waals surface area contributed by atoms with Gasteiger partial charge in [0.2, 0.25) is 0 Å². The van der Waals surface area contributed by atoms with E-state index in [0.717, 1.165) is 12.3 Å². The van der Waals surface area contributed by atoms with Crippen molar-refractivity contribution in [3.05, 3.63) is 0 Å². The molecule has 14 heavy (non-hydrogen) atoms. The van der Waals surface area contributed by atoms with Crippen LogP contribution in [0.5, 0.6) is 0 Å². The van der Waals surface area contributed by atoms with Crippen molar-refractivity contribution in [1.29, 1.82) is 0 Å². The first-order chi connectivity index (χ1) is 6.66. The quantitative estimate of drug-likeness (QED) is 0.403. The maximum Gasteiger partial charge on any atom is 0.110 e. The van der Waals surface area contributed by atoms with Crippen molar-refractivity contribution >= 4 is 11.8 Å². The maximum atomic E-state index is 9.68. The van der Waals surface area contributed by atoms with Gasteiger partial charge in [-0.2, -0.15) is 0 Å². The van der Waals surface area contributed by atoms with E-state index in [9.17, 15) is 15.3 Å². The highest BCUT2D eigenvalue weighted by atomic mass is 32.2. The molecule has 0 aliphatic carbocycles. The molecule has 2 saturated heterocycles. The summed E-state index contributed by atoms with van der Waals surface area (Å²) in [6.45, 7) is 0.545. The lowest BCUT2D eigenvalue weighted by molar-refractivity contribution is -0.148. The summed E-state index contributed by atoms with van der Waals surface area (Å²) in [6.07, 6.45) is -3.15. The smallest absolute Gasteiger partial charge is 0.110 e. The fraction of sp³-hybridized carbons (Fsp3) is 1.00. The Labute approximate surface area is 86.3 Å². The molecular formula is C8H15NO4S. The molecule has 0 aromatic carbocycles. The van der Waals surface area contributed by atoms with E-state index in [0.29, 0.717) is 0 Å². The van der Waals surface area contributed by atoms with Crippen LogP contribution in [0.4, 0.5) is 0 Å². The van der Waals surface area contributed by atoms with Crippen LogP contribution in [0, 0.1) is 0 Å². The van der Waals surface area contributed by atoms with Crippen LogP contribution in [0.1, 0.15) is 0 Å². The molecule has 2 fully saturated rings. The third-order valence-corrected chi connectivity index (χ3v) is 4.27. The summed E-state index contributed by atoms with van der Waals surface area (Å²) in [5.41, 5.74) is 0. The predicted octanol–water partition coefficient (Wildman–Crippen LogP) is -2.18. The number of hydrogen-bond acceptors (Lipinski definition) is 6. The van der Waals surface area contributed by atoms with E-state index in [1.807, 2.05) is 4.90 Å². The second-order valence-electron chi connectivity index (χ2n) is 3.72. The minimum atomic E-state index is -1.15. The van der Waals surface area contributed by atoms with Crippen molar-refractivity contribution in [2.45, 2.75) is 29.7 Å². The van der Waals surface area contributed by atoms with Gasteiger partial charge in [0.1, 0.15) is 18.3 Å². The monoisotopic (exact) mass is 221 g/mol. The molecule has 2 rings (SSSR count). The minimum absolute atomic E-state index is 0.189. The maximum absolute atomic E-state index is 9.68. The van der Waals surface area contributed by atoms with Crippen molar-refractivity contribution in [3.8, 4) is 0 Å². The molecular weight excluding hydrogens is 206 g/mol. The van der Waals surface area contributed by atoms with Crippen LogP contribution in [0.2, 0.25) is 0 Å². The minimum Gasteiger partial charge on any atom is -0.395 e. The summed E-state index contributed by atoms with van der Waals surface area (Å²) in [4.78, 5) is 1.87. The second-order valence-corrected chi connectivity index (χ2v) is 4.95. The number of aliphatic hydroxyl groups excluding tert-OH is 4. The summed E-state index contributed by atoms with van der Waals surface area (Å²) in [5.74, 6) is 0.859. The van der Waals surface area contributed by atoms with Crippen LogP contribution < -0.4 is 0 Å². The van der Waals surface area contributed by atoms with E-state index in [1.54, 1.807) is 11.8 Å². The normalized spacial score (nSPS) is 49.3. The van der Waals surface area contributed by atoms with Crippen molar-refractivity contribution in [3.63, 3.8) is 0 Å². The molecule has 5 atom stereocenters. The van der Waals surface area contributed by atoms with Gasteiger partial charge in [-0.05, 0) is 0 Å². The number of hydrogen-bond donors (Lipinski definition) is 4. The Hall–Kier alpha value is 0.150. The Kier molecular flexibility index (Phi) is 3.01. The summed E-state index contributed by atoms with van der Waals surface area (Å²) in [5, 5.41) is 37.8. The topological polar surface area (TPSA) is 84.2 Å². The fourth-order valence-corrected chi connectivity index (χ4v) is 3.53. The van der Waals surface area contributed by atoms with Gasteiger partial charge < -0.3 is 20.4 Å². The molecule has 0 unspecified atom stereocenters. The average Bonchev–Trinajstić information content (AvgIpc) is 2.64. The van der Waals surface area contributed by atoms with Crippen LogP contribution >= 0.6 is 11.8 Å². The number of piperidine rings is 1. The molecule has 0 spiro atoms. The molecule has 82 valence electrons. The van der Waals surface area contributed by atoms with Crippen LogP contribution in [-0.2, 0) is 0 Å². The first-order valence-electron chi connectivity index (χ1n) is 4.69. The van der Waals surface area contributed by atoms with Crippen molar-refractivity contribution in [1.82, 2.24) is 4.90 Å². The second kappa shape index (κ2) is 3.96. The fourth-order valence-electron chi connectivity index (χ4n) is 2.16. The number of nitrogens with zero attached hydrogens (tertiary/aromatic N) is 1. The van der Waals surface area contributed by atoms with Crippen LogP contribution in [0.3, 0.4) is 0 Å². The van der Waals surface area contributed by atoms with Crippen molar-refractivity contribution in [2.24, 2.45) is 0 Å². The van der Waals surface area contributed by atoms with Gasteiger partial charge in [0, 0.05) is 12.3 Å². The zero-order valence-corrected chi connectivity index (χ0v) is 8.47. The number of fused-ring (bicyclic) bond motifs is 1. The van der Waals surface area contributed by atoms with Crippen molar-refractivity contribution < 1.29 is 20.4 Å². The summed E-state index contributed by atoms with van der Waals surface area (Å²) >= 11 is 1.55. The first kappa shape index (κ1) is 10.7. The van der Waals surface area contributed by atoms with Gasteiger partial charge in [-0.15, -0.1) is 11.8 Å². The van der Waals surface area contributed by atoms with Gasteiger partial charge in [-0.1, -0.05) is 0 Å². The van der Waals surface area contributed by atoms with Gasteiger partial charge >= 0.3 is 0 Å². The van der Waals surface area contributed by atoms with E-state index in [-0.39, 0.29) is 12.0 Å². The lowest BCUT2D eigenvalue weighted by Crippen LogP contribution is -2.64. The Morgan fingerprint density at radius 2 is 1.86 bits per heavy atom. The third-order valence-electron chi connectivity index (χ3n) is 2.96. The molecule has 2 heterocycles. The van der Waals surface area contributed by atoms with E-state index >= 15 is 0 Å². The van der Waals surface area contributed by atoms with Gasteiger partial charge in [-0.3, -0.25) is 4.90 Å². The number of thioether (sulfide) groups is 1. The first-order valence-corrected chi connectivity index (χ1v) is 5.74. The van der Waals surface area contributed by atoms with E-state index in [4.69, 9.17) is 5.11 Å². The molecule has 4 N–H and O–H groups in total. The molecule has 2 aliphatic rings. The van der Waals surface area contributed by atoms with Gasteiger partial charge in [0.15, 0.2) is 0 Å². The predicted molar refractivity (Wildman–Crippen MR) is 51.8 cm³/mol. The van der Waals surface area contributed by atoms with Gasteiger partial charge in [0.05, 0.1) is 18.0 Å².